The number of rotatable bonds is 6. The average molecular weight is 439 g/mol. The van der Waals surface area contributed by atoms with Crippen LogP contribution in [0.3, 0.4) is 0 Å². The van der Waals surface area contributed by atoms with E-state index in [-0.39, 0.29) is 23.2 Å². The number of carbonyl (C=O) groups is 1. The molecule has 2 N–H and O–H groups in total. The van der Waals surface area contributed by atoms with Crippen LogP contribution in [0.15, 0.2) is 35.4 Å². The molecule has 1 aliphatic carbocycles. The number of aromatic amines is 1. The zero-order valence-corrected chi connectivity index (χ0v) is 18.1. The molecule has 2 aliphatic rings. The summed E-state index contributed by atoms with van der Waals surface area (Å²) >= 11 is 0. The summed E-state index contributed by atoms with van der Waals surface area (Å²) in [5.74, 6) is -0.920. The Labute approximate surface area is 185 Å². The smallest absolute Gasteiger partial charge is 0.270 e. The number of carbonyl (C=O) groups excluding carboxylic acids is 1. The number of aryl methyl sites for hydroxylation is 1. The van der Waals surface area contributed by atoms with Crippen molar-refractivity contribution in [2.75, 3.05) is 31.1 Å². The van der Waals surface area contributed by atoms with Crippen molar-refractivity contribution in [1.82, 2.24) is 24.6 Å². The molecule has 8 nitrogen and oxygen atoms in total. The maximum absolute atomic E-state index is 14.6. The van der Waals surface area contributed by atoms with Crippen molar-refractivity contribution in [3.8, 4) is 0 Å². The number of nitrogens with one attached hydrogen (secondary N) is 2. The van der Waals surface area contributed by atoms with Gasteiger partial charge in [-0.25, -0.2) is 4.98 Å². The quantitative estimate of drug-likeness (QED) is 0.575. The summed E-state index contributed by atoms with van der Waals surface area (Å²) in [5, 5.41) is 2.83. The van der Waals surface area contributed by atoms with Crippen molar-refractivity contribution >= 4 is 17.2 Å². The van der Waals surface area contributed by atoms with Gasteiger partial charge in [0.2, 0.25) is 5.95 Å². The van der Waals surface area contributed by atoms with Crippen LogP contribution in [0.2, 0.25) is 0 Å². The van der Waals surface area contributed by atoms with Gasteiger partial charge in [-0.2, -0.15) is 4.39 Å². The molecule has 0 spiro atoms. The van der Waals surface area contributed by atoms with Gasteiger partial charge in [0.1, 0.15) is 11.3 Å². The number of aromatic nitrogens is 3. The highest BCUT2D eigenvalue weighted by atomic mass is 19.1. The van der Waals surface area contributed by atoms with Crippen molar-refractivity contribution in [3.63, 3.8) is 0 Å². The molecule has 168 valence electrons. The van der Waals surface area contributed by atoms with E-state index in [1.165, 1.54) is 0 Å². The van der Waals surface area contributed by atoms with Crippen molar-refractivity contribution in [2.45, 2.75) is 38.8 Å². The number of piperazine rings is 1. The normalized spacial score (nSPS) is 17.1. The van der Waals surface area contributed by atoms with Gasteiger partial charge < -0.3 is 19.6 Å². The van der Waals surface area contributed by atoms with Gasteiger partial charge in [-0.05, 0) is 37.5 Å². The number of fused-ring (bicyclic) bond motifs is 1. The third-order valence-corrected chi connectivity index (χ3v) is 6.28. The summed E-state index contributed by atoms with van der Waals surface area (Å²) in [4.78, 5) is 35.5. The van der Waals surface area contributed by atoms with Gasteiger partial charge in [-0.3, -0.25) is 14.5 Å². The molecule has 0 atom stereocenters. The van der Waals surface area contributed by atoms with E-state index in [2.05, 4.69) is 20.2 Å². The Morgan fingerprint density at radius 1 is 1.19 bits per heavy atom. The minimum atomic E-state index is -0.607. The van der Waals surface area contributed by atoms with E-state index in [0.717, 1.165) is 42.7 Å². The molecule has 0 unspecified atom stereocenters. The lowest BCUT2D eigenvalue weighted by Crippen LogP contribution is -2.46. The largest absolute Gasteiger partial charge is 0.365 e. The first-order chi connectivity index (χ1) is 15.5. The van der Waals surface area contributed by atoms with Crippen molar-refractivity contribution in [3.05, 3.63) is 63.7 Å². The molecular formula is C23H27FN6O2. The Hall–Kier alpha value is -3.20. The van der Waals surface area contributed by atoms with Gasteiger partial charge >= 0.3 is 0 Å². The second-order valence-electron chi connectivity index (χ2n) is 8.58. The number of nitrogens with zero attached hydrogens (tertiary/aromatic N) is 4. The molecular weight excluding hydrogens is 411 g/mol. The molecule has 2 fully saturated rings. The van der Waals surface area contributed by atoms with Gasteiger partial charge in [0.05, 0.1) is 5.69 Å². The van der Waals surface area contributed by atoms with Gasteiger partial charge in [0.25, 0.3) is 11.5 Å². The maximum atomic E-state index is 14.6. The molecule has 1 saturated heterocycles. The van der Waals surface area contributed by atoms with E-state index in [0.29, 0.717) is 31.7 Å². The van der Waals surface area contributed by atoms with Crippen LogP contribution in [0.1, 0.15) is 41.4 Å². The lowest BCUT2D eigenvalue weighted by Gasteiger charge is -2.35. The first-order valence-corrected chi connectivity index (χ1v) is 11.2. The third-order valence-electron chi connectivity index (χ3n) is 6.28. The molecule has 0 bridgehead atoms. The molecule has 0 radical (unpaired) electrons. The van der Waals surface area contributed by atoms with Crippen LogP contribution in [0.5, 0.6) is 0 Å². The summed E-state index contributed by atoms with van der Waals surface area (Å²) in [7, 11) is 0. The zero-order valence-electron chi connectivity index (χ0n) is 18.1. The number of halogens is 1. The first kappa shape index (κ1) is 20.7. The van der Waals surface area contributed by atoms with E-state index in [9.17, 15) is 14.0 Å². The Morgan fingerprint density at radius 2 is 1.97 bits per heavy atom. The second-order valence-corrected chi connectivity index (χ2v) is 8.58. The van der Waals surface area contributed by atoms with E-state index in [1.54, 1.807) is 12.1 Å². The van der Waals surface area contributed by atoms with Crippen LogP contribution in [0.4, 0.5) is 10.1 Å². The Morgan fingerprint density at radius 3 is 2.66 bits per heavy atom. The molecule has 4 heterocycles. The van der Waals surface area contributed by atoms with Crippen LogP contribution in [-0.4, -0.2) is 57.4 Å². The molecule has 32 heavy (non-hydrogen) atoms. The van der Waals surface area contributed by atoms with Crippen LogP contribution < -0.4 is 15.8 Å². The topological polar surface area (TPSA) is 85.7 Å². The number of pyridine rings is 1. The Bertz CT molecular complexity index is 1210. The average Bonchev–Trinajstić information content (AvgIpc) is 3.53. The lowest BCUT2D eigenvalue weighted by molar-refractivity contribution is 0.0945. The first-order valence-electron chi connectivity index (χ1n) is 11.2. The predicted molar refractivity (Wildman–Crippen MR) is 120 cm³/mol. The Kier molecular flexibility index (Phi) is 5.42. The summed E-state index contributed by atoms with van der Waals surface area (Å²) in [5.41, 5.74) is 3.17. The van der Waals surface area contributed by atoms with Crippen molar-refractivity contribution in [2.24, 2.45) is 0 Å². The number of anilines is 1. The van der Waals surface area contributed by atoms with Gasteiger partial charge in [0, 0.05) is 62.3 Å². The maximum Gasteiger partial charge on any atom is 0.270 e. The number of amides is 1. The van der Waals surface area contributed by atoms with E-state index in [4.69, 9.17) is 0 Å². The minimum Gasteiger partial charge on any atom is -0.365 e. The fourth-order valence-corrected chi connectivity index (χ4v) is 4.20. The van der Waals surface area contributed by atoms with Crippen LogP contribution in [0.25, 0.3) is 5.65 Å². The molecule has 1 aliphatic heterocycles. The van der Waals surface area contributed by atoms with Gasteiger partial charge in [-0.1, -0.05) is 6.92 Å². The van der Waals surface area contributed by atoms with E-state index in [1.807, 2.05) is 34.7 Å². The fraction of sp³-hybridized carbons (Fsp3) is 0.435. The lowest BCUT2D eigenvalue weighted by atomic mass is 10.2. The molecule has 0 aromatic carbocycles. The second kappa shape index (κ2) is 8.38. The molecule has 5 rings (SSSR count). The van der Waals surface area contributed by atoms with Gasteiger partial charge in [-0.15, -0.1) is 0 Å². The molecule has 3 aromatic rings. The van der Waals surface area contributed by atoms with Crippen LogP contribution in [0, 0.1) is 5.95 Å². The Balaban J connectivity index is 1.23. The van der Waals surface area contributed by atoms with Crippen LogP contribution in [-0.2, 0) is 13.0 Å². The predicted octanol–water partition coefficient (Wildman–Crippen LogP) is 1.94. The van der Waals surface area contributed by atoms with E-state index < -0.39 is 5.95 Å². The van der Waals surface area contributed by atoms with Crippen molar-refractivity contribution < 1.29 is 9.18 Å². The SMILES string of the molecule is CCc1cn2ccc(CN3CCN(c4ccc(C(=O)NC5CC5)nc4F)CC3)c2[nH]c1=O. The highest BCUT2D eigenvalue weighted by Crippen LogP contribution is 2.23. The minimum absolute atomic E-state index is 0.0398. The summed E-state index contributed by atoms with van der Waals surface area (Å²) in [6.45, 7) is 5.53. The number of H-pyrrole nitrogens is 1. The van der Waals surface area contributed by atoms with Gasteiger partial charge in [0.15, 0.2) is 0 Å². The standard InChI is InChI=1S/C23H27FN6O2/c1-2-15-14-30-8-7-16(21(30)27-22(15)31)13-28-9-11-29(12-10-28)19-6-5-18(26-20(19)24)23(32)25-17-3-4-17/h5-8,14,17H,2-4,9-13H2,1H3,(H,25,32)(H,27,31). The monoisotopic (exact) mass is 438 g/mol. The van der Waals surface area contributed by atoms with E-state index >= 15 is 0 Å². The number of hydrogen-bond acceptors (Lipinski definition) is 5. The van der Waals surface area contributed by atoms with Crippen molar-refractivity contribution in [1.29, 1.82) is 0 Å². The molecule has 1 amide bonds. The number of hydrogen-bond donors (Lipinski definition) is 2. The third kappa shape index (κ3) is 4.12. The summed E-state index contributed by atoms with van der Waals surface area (Å²) < 4.78 is 16.6. The zero-order chi connectivity index (χ0) is 22.2. The molecule has 1 saturated carbocycles. The molecule has 3 aromatic heterocycles. The summed E-state index contributed by atoms with van der Waals surface area (Å²) in [6, 6.07) is 5.49. The highest BCUT2D eigenvalue weighted by molar-refractivity contribution is 5.92. The molecule has 9 heteroatoms. The summed E-state index contributed by atoms with van der Waals surface area (Å²) in [6.07, 6.45) is 6.51. The fourth-order valence-electron chi connectivity index (χ4n) is 4.20. The highest BCUT2D eigenvalue weighted by Gasteiger charge is 2.26. The van der Waals surface area contributed by atoms with Crippen LogP contribution >= 0.6 is 0 Å².